The van der Waals surface area contributed by atoms with Crippen molar-refractivity contribution >= 4 is 17.7 Å². The van der Waals surface area contributed by atoms with Gasteiger partial charge in [0.05, 0.1) is 7.11 Å². The van der Waals surface area contributed by atoms with Gasteiger partial charge in [-0.15, -0.1) is 0 Å². The zero-order valence-corrected chi connectivity index (χ0v) is 14.7. The van der Waals surface area contributed by atoms with Crippen LogP contribution in [0.3, 0.4) is 0 Å². The molecule has 7 heteroatoms. The van der Waals surface area contributed by atoms with Crippen LogP contribution in [0.4, 0.5) is 5.82 Å². The third-order valence-electron chi connectivity index (χ3n) is 3.71. The van der Waals surface area contributed by atoms with Crippen LogP contribution >= 0.6 is 0 Å². The molecule has 7 nitrogen and oxygen atoms in total. The van der Waals surface area contributed by atoms with Gasteiger partial charge in [-0.2, -0.15) is 0 Å². The van der Waals surface area contributed by atoms with E-state index >= 15 is 0 Å². The molecule has 0 bridgehead atoms. The summed E-state index contributed by atoms with van der Waals surface area (Å²) in [4.78, 5) is 43.1. The highest BCUT2D eigenvalue weighted by atomic mass is 16.5. The van der Waals surface area contributed by atoms with Crippen LogP contribution in [0, 0.1) is 0 Å². The van der Waals surface area contributed by atoms with Crippen LogP contribution in [0.5, 0.6) is 0 Å². The van der Waals surface area contributed by atoms with E-state index in [1.807, 2.05) is 12.1 Å². The average molecular weight is 343 g/mol. The fourth-order valence-electron chi connectivity index (χ4n) is 2.25. The van der Waals surface area contributed by atoms with E-state index in [2.05, 4.69) is 35.5 Å². The first-order chi connectivity index (χ1) is 11.7. The number of hydrogen-bond donors (Lipinski definition) is 1. The summed E-state index contributed by atoms with van der Waals surface area (Å²) >= 11 is 0. The number of ether oxygens (including phenoxy) is 1. The Labute approximate surface area is 145 Å². The van der Waals surface area contributed by atoms with Gasteiger partial charge in [0.2, 0.25) is 0 Å². The third-order valence-corrected chi connectivity index (χ3v) is 3.71. The SMILES string of the molecule is COC(=O)CN(C(=O)c1ccc(C(C)(C)C)cc1)c1ccnc(=O)[nH]1. The summed E-state index contributed by atoms with van der Waals surface area (Å²) in [6.07, 6.45) is 1.27. The Balaban J connectivity index is 2.38. The largest absolute Gasteiger partial charge is 0.468 e. The van der Waals surface area contributed by atoms with E-state index in [4.69, 9.17) is 0 Å². The highest BCUT2D eigenvalue weighted by Crippen LogP contribution is 2.23. The molecule has 1 N–H and O–H groups in total. The van der Waals surface area contributed by atoms with Crippen LogP contribution in [0.15, 0.2) is 41.3 Å². The van der Waals surface area contributed by atoms with Gasteiger partial charge in [0.1, 0.15) is 12.4 Å². The standard InChI is InChI=1S/C18H21N3O4/c1-18(2,3)13-7-5-12(6-8-13)16(23)21(11-15(22)25-4)14-9-10-19-17(24)20-14/h5-10H,11H2,1-4H3,(H,19,20,24). The third kappa shape index (κ3) is 4.53. The molecule has 0 saturated heterocycles. The van der Waals surface area contributed by atoms with E-state index in [0.717, 1.165) is 10.5 Å². The summed E-state index contributed by atoms with van der Waals surface area (Å²) in [7, 11) is 1.23. The van der Waals surface area contributed by atoms with Crippen molar-refractivity contribution in [1.82, 2.24) is 9.97 Å². The Morgan fingerprint density at radius 2 is 1.80 bits per heavy atom. The summed E-state index contributed by atoms with van der Waals surface area (Å²) in [5, 5.41) is 0. The number of anilines is 1. The molecule has 0 aliphatic carbocycles. The maximum absolute atomic E-state index is 12.8. The monoisotopic (exact) mass is 343 g/mol. The van der Waals surface area contributed by atoms with Gasteiger partial charge in [0.25, 0.3) is 5.91 Å². The number of esters is 1. The minimum atomic E-state index is -0.608. The first-order valence-electron chi connectivity index (χ1n) is 7.77. The summed E-state index contributed by atoms with van der Waals surface area (Å²) in [5.74, 6) is -0.847. The van der Waals surface area contributed by atoms with Gasteiger partial charge in [0, 0.05) is 11.8 Å². The highest BCUT2D eigenvalue weighted by Gasteiger charge is 2.23. The van der Waals surface area contributed by atoms with Gasteiger partial charge in [0.15, 0.2) is 0 Å². The molecule has 0 aliphatic rings. The van der Waals surface area contributed by atoms with E-state index in [0.29, 0.717) is 5.56 Å². The van der Waals surface area contributed by atoms with Crippen molar-refractivity contribution in [2.24, 2.45) is 0 Å². The zero-order valence-electron chi connectivity index (χ0n) is 14.7. The van der Waals surface area contributed by atoms with Crippen molar-refractivity contribution in [3.63, 3.8) is 0 Å². The van der Waals surface area contributed by atoms with Gasteiger partial charge in [-0.1, -0.05) is 32.9 Å². The maximum Gasteiger partial charge on any atom is 0.346 e. The van der Waals surface area contributed by atoms with Crippen molar-refractivity contribution in [3.8, 4) is 0 Å². The van der Waals surface area contributed by atoms with Crippen molar-refractivity contribution in [1.29, 1.82) is 0 Å². The fourth-order valence-corrected chi connectivity index (χ4v) is 2.25. The molecule has 0 saturated carbocycles. The molecular weight excluding hydrogens is 322 g/mol. The fraction of sp³-hybridized carbons (Fsp3) is 0.333. The number of nitrogens with zero attached hydrogens (tertiary/aromatic N) is 2. The van der Waals surface area contributed by atoms with E-state index < -0.39 is 17.6 Å². The number of aromatic amines is 1. The topological polar surface area (TPSA) is 92.4 Å². The van der Waals surface area contributed by atoms with E-state index in [9.17, 15) is 14.4 Å². The van der Waals surface area contributed by atoms with Crippen molar-refractivity contribution in [2.75, 3.05) is 18.6 Å². The number of carbonyl (C=O) groups is 2. The number of nitrogens with one attached hydrogen (secondary N) is 1. The molecule has 1 heterocycles. The van der Waals surface area contributed by atoms with E-state index in [-0.39, 0.29) is 17.8 Å². The van der Waals surface area contributed by atoms with E-state index in [1.165, 1.54) is 19.4 Å². The van der Waals surface area contributed by atoms with Gasteiger partial charge in [-0.05, 0) is 29.2 Å². The van der Waals surface area contributed by atoms with Crippen LogP contribution in [-0.2, 0) is 14.9 Å². The Bertz CT molecular complexity index is 819. The number of rotatable bonds is 4. The van der Waals surface area contributed by atoms with Gasteiger partial charge in [-0.25, -0.2) is 9.78 Å². The lowest BCUT2D eigenvalue weighted by Crippen LogP contribution is -2.38. The number of aromatic nitrogens is 2. The number of amides is 1. The predicted octanol–water partition coefficient (Wildman–Crippen LogP) is 1.89. The molecule has 2 rings (SSSR count). The molecule has 25 heavy (non-hydrogen) atoms. The molecule has 0 fully saturated rings. The number of hydrogen-bond acceptors (Lipinski definition) is 5. The summed E-state index contributed by atoms with van der Waals surface area (Å²) in [6, 6.07) is 8.60. The lowest BCUT2D eigenvalue weighted by atomic mass is 9.86. The second-order valence-electron chi connectivity index (χ2n) is 6.56. The van der Waals surface area contributed by atoms with Gasteiger partial charge < -0.3 is 4.74 Å². The molecule has 1 aromatic heterocycles. The minimum absolute atomic E-state index is 0.0381. The Hall–Kier alpha value is -2.96. The number of carbonyl (C=O) groups excluding carboxylic acids is 2. The van der Waals surface area contributed by atoms with Crippen LogP contribution in [0.25, 0.3) is 0 Å². The summed E-state index contributed by atoms with van der Waals surface area (Å²) < 4.78 is 4.64. The molecule has 132 valence electrons. The summed E-state index contributed by atoms with van der Waals surface area (Å²) in [6.45, 7) is 5.91. The summed E-state index contributed by atoms with van der Waals surface area (Å²) in [5.41, 5.74) is 0.836. The molecule has 1 aromatic carbocycles. The highest BCUT2D eigenvalue weighted by molar-refractivity contribution is 6.07. The number of benzene rings is 1. The number of H-pyrrole nitrogens is 1. The lowest BCUT2D eigenvalue weighted by molar-refractivity contribution is -0.138. The Kier molecular flexibility index (Phi) is 5.36. The molecule has 0 radical (unpaired) electrons. The molecule has 0 unspecified atom stereocenters. The number of methoxy groups -OCH3 is 1. The van der Waals surface area contributed by atoms with E-state index in [1.54, 1.807) is 12.1 Å². The van der Waals surface area contributed by atoms with Crippen molar-refractivity contribution in [2.45, 2.75) is 26.2 Å². The predicted molar refractivity (Wildman–Crippen MR) is 93.7 cm³/mol. The first-order valence-corrected chi connectivity index (χ1v) is 7.77. The first kappa shape index (κ1) is 18.4. The molecule has 0 aliphatic heterocycles. The molecule has 1 amide bonds. The van der Waals surface area contributed by atoms with Gasteiger partial charge in [-0.3, -0.25) is 19.5 Å². The van der Waals surface area contributed by atoms with Crippen molar-refractivity contribution < 1.29 is 14.3 Å². The van der Waals surface area contributed by atoms with Crippen LogP contribution in [-0.4, -0.2) is 35.5 Å². The molecule has 0 atom stereocenters. The molecular formula is C18H21N3O4. The quantitative estimate of drug-likeness (QED) is 0.856. The Morgan fingerprint density at radius 1 is 1.16 bits per heavy atom. The van der Waals surface area contributed by atoms with Gasteiger partial charge >= 0.3 is 11.7 Å². The van der Waals surface area contributed by atoms with Crippen LogP contribution in [0.2, 0.25) is 0 Å². The maximum atomic E-state index is 12.8. The molecule has 0 spiro atoms. The van der Waals surface area contributed by atoms with Crippen LogP contribution in [0.1, 0.15) is 36.7 Å². The average Bonchev–Trinajstić information content (AvgIpc) is 2.58. The second-order valence-corrected chi connectivity index (χ2v) is 6.56. The minimum Gasteiger partial charge on any atom is -0.468 e. The van der Waals surface area contributed by atoms with Crippen molar-refractivity contribution in [3.05, 3.63) is 58.1 Å². The Morgan fingerprint density at radius 3 is 2.32 bits per heavy atom. The normalized spacial score (nSPS) is 11.0. The van der Waals surface area contributed by atoms with Crippen LogP contribution < -0.4 is 10.6 Å². The zero-order chi connectivity index (χ0) is 18.6. The lowest BCUT2D eigenvalue weighted by Gasteiger charge is -2.22. The molecule has 2 aromatic rings. The smallest absolute Gasteiger partial charge is 0.346 e. The second kappa shape index (κ2) is 7.29.